The molecule has 1 rings (SSSR count). The van der Waals surface area contributed by atoms with Gasteiger partial charge in [-0.25, -0.2) is 4.98 Å². The number of nitrogen functional groups attached to an aromatic ring is 1. The average molecular weight is 262 g/mol. The molecule has 1 heterocycles. The molecule has 1 aromatic heterocycles. The summed E-state index contributed by atoms with van der Waals surface area (Å²) < 4.78 is 11.6. The van der Waals surface area contributed by atoms with Crippen molar-refractivity contribution in [2.75, 3.05) is 38.4 Å². The van der Waals surface area contributed by atoms with Gasteiger partial charge in [-0.3, -0.25) is 0 Å². The fraction of sp³-hybridized carbons (Fsp3) is 0.700. The molecule has 0 bridgehead atoms. The molecule has 0 radical (unpaired) electrons. The topological polar surface area (TPSA) is 57.4 Å². The Balaban J connectivity index is 2.05. The summed E-state index contributed by atoms with van der Waals surface area (Å²) in [6.07, 6.45) is 0.952. The van der Waals surface area contributed by atoms with Crippen LogP contribution in [0, 0.1) is 6.92 Å². The standard InChI is InChI=1S/C10H18N2O2S2/c1-8-9(16-10(11)12-8)15-7-6-14-5-3-4-13-2/h3-7H2,1-2H3,(H2,11,12). The first-order chi connectivity index (χ1) is 7.74. The molecule has 0 unspecified atom stereocenters. The maximum atomic E-state index is 5.61. The van der Waals surface area contributed by atoms with E-state index in [1.807, 2.05) is 6.92 Å². The number of methoxy groups -OCH3 is 1. The van der Waals surface area contributed by atoms with Crippen LogP contribution >= 0.6 is 23.1 Å². The van der Waals surface area contributed by atoms with Crippen molar-refractivity contribution >= 4 is 28.2 Å². The van der Waals surface area contributed by atoms with E-state index in [2.05, 4.69) is 4.98 Å². The first-order valence-electron chi connectivity index (χ1n) is 5.16. The Hall–Kier alpha value is -0.300. The summed E-state index contributed by atoms with van der Waals surface area (Å²) in [6.45, 7) is 4.26. The number of aryl methyl sites for hydroxylation is 1. The summed E-state index contributed by atoms with van der Waals surface area (Å²) in [5, 5.41) is 0.640. The van der Waals surface area contributed by atoms with E-state index in [4.69, 9.17) is 15.2 Å². The van der Waals surface area contributed by atoms with Crippen LogP contribution in [0.3, 0.4) is 0 Å². The number of anilines is 1. The van der Waals surface area contributed by atoms with Crippen molar-refractivity contribution in [3.63, 3.8) is 0 Å². The summed E-state index contributed by atoms with van der Waals surface area (Å²) >= 11 is 3.29. The van der Waals surface area contributed by atoms with E-state index in [-0.39, 0.29) is 0 Å². The van der Waals surface area contributed by atoms with Gasteiger partial charge in [-0.2, -0.15) is 0 Å². The van der Waals surface area contributed by atoms with Gasteiger partial charge in [0, 0.05) is 26.1 Å². The summed E-state index contributed by atoms with van der Waals surface area (Å²) in [7, 11) is 1.70. The quantitative estimate of drug-likeness (QED) is 0.575. The maximum absolute atomic E-state index is 5.61. The number of nitrogens with two attached hydrogens (primary N) is 1. The van der Waals surface area contributed by atoms with Gasteiger partial charge in [-0.05, 0) is 13.3 Å². The first-order valence-corrected chi connectivity index (χ1v) is 6.96. The van der Waals surface area contributed by atoms with Gasteiger partial charge >= 0.3 is 0 Å². The van der Waals surface area contributed by atoms with Crippen molar-refractivity contribution in [1.29, 1.82) is 0 Å². The smallest absolute Gasteiger partial charge is 0.181 e. The van der Waals surface area contributed by atoms with E-state index in [1.165, 1.54) is 4.21 Å². The number of ether oxygens (including phenoxy) is 2. The lowest BCUT2D eigenvalue weighted by Crippen LogP contribution is -2.01. The van der Waals surface area contributed by atoms with E-state index in [9.17, 15) is 0 Å². The van der Waals surface area contributed by atoms with Gasteiger partial charge in [0.1, 0.15) is 0 Å². The summed E-state index contributed by atoms with van der Waals surface area (Å²) in [6, 6.07) is 0. The molecule has 0 saturated heterocycles. The molecule has 0 amide bonds. The van der Waals surface area contributed by atoms with Crippen LogP contribution < -0.4 is 5.73 Å². The lowest BCUT2D eigenvalue weighted by atomic mass is 10.5. The largest absolute Gasteiger partial charge is 0.385 e. The minimum Gasteiger partial charge on any atom is -0.385 e. The molecule has 6 heteroatoms. The molecule has 0 fully saturated rings. The second kappa shape index (κ2) is 7.89. The Bertz CT molecular complexity index is 305. The molecule has 0 atom stereocenters. The van der Waals surface area contributed by atoms with Crippen LogP contribution in [-0.2, 0) is 9.47 Å². The number of hydrogen-bond donors (Lipinski definition) is 1. The fourth-order valence-electron chi connectivity index (χ4n) is 1.14. The normalized spacial score (nSPS) is 10.9. The fourth-order valence-corrected chi connectivity index (χ4v) is 3.09. The molecular weight excluding hydrogens is 244 g/mol. The Morgan fingerprint density at radius 3 is 2.81 bits per heavy atom. The molecule has 0 spiro atoms. The highest BCUT2D eigenvalue weighted by atomic mass is 32.2. The number of nitrogens with zero attached hydrogens (tertiary/aromatic N) is 1. The van der Waals surface area contributed by atoms with Gasteiger partial charge in [-0.15, -0.1) is 11.8 Å². The van der Waals surface area contributed by atoms with Crippen molar-refractivity contribution in [2.24, 2.45) is 0 Å². The zero-order chi connectivity index (χ0) is 11.8. The third-order valence-corrected chi connectivity index (χ3v) is 4.18. The molecule has 0 saturated carbocycles. The van der Waals surface area contributed by atoms with E-state index >= 15 is 0 Å². The van der Waals surface area contributed by atoms with Crippen LogP contribution in [0.5, 0.6) is 0 Å². The zero-order valence-electron chi connectivity index (χ0n) is 9.69. The molecule has 92 valence electrons. The molecule has 0 aliphatic rings. The molecular formula is C10H18N2O2S2. The number of aromatic nitrogens is 1. The highest BCUT2D eigenvalue weighted by Gasteiger charge is 2.05. The summed E-state index contributed by atoms with van der Waals surface area (Å²) in [4.78, 5) is 4.17. The highest BCUT2D eigenvalue weighted by Crippen LogP contribution is 2.30. The van der Waals surface area contributed by atoms with E-state index in [0.717, 1.165) is 37.7 Å². The predicted octanol–water partition coefficient (Wildman–Crippen LogP) is 2.18. The second-order valence-corrected chi connectivity index (χ2v) is 5.63. The number of hydrogen-bond acceptors (Lipinski definition) is 6. The predicted molar refractivity (Wildman–Crippen MR) is 69.3 cm³/mol. The van der Waals surface area contributed by atoms with Crippen LogP contribution in [0.4, 0.5) is 5.13 Å². The van der Waals surface area contributed by atoms with E-state index in [1.54, 1.807) is 30.2 Å². The van der Waals surface area contributed by atoms with Crippen molar-refractivity contribution < 1.29 is 9.47 Å². The SMILES string of the molecule is COCCCOCCSc1sc(N)nc1C. The number of rotatable bonds is 8. The van der Waals surface area contributed by atoms with Crippen LogP contribution in [0.2, 0.25) is 0 Å². The lowest BCUT2D eigenvalue weighted by molar-refractivity contribution is 0.113. The number of thioether (sulfide) groups is 1. The molecule has 4 nitrogen and oxygen atoms in total. The van der Waals surface area contributed by atoms with E-state index < -0.39 is 0 Å². The summed E-state index contributed by atoms with van der Waals surface area (Å²) in [5.74, 6) is 0.940. The molecule has 0 aliphatic carbocycles. The molecule has 2 N–H and O–H groups in total. The highest BCUT2D eigenvalue weighted by molar-refractivity contribution is 8.01. The molecule has 16 heavy (non-hydrogen) atoms. The van der Waals surface area contributed by atoms with Crippen LogP contribution in [-0.4, -0.2) is 37.7 Å². The van der Waals surface area contributed by atoms with Crippen LogP contribution in [0.25, 0.3) is 0 Å². The minimum absolute atomic E-state index is 0.640. The van der Waals surface area contributed by atoms with Gasteiger partial charge in [-0.1, -0.05) is 11.3 Å². The van der Waals surface area contributed by atoms with Gasteiger partial charge < -0.3 is 15.2 Å². The van der Waals surface area contributed by atoms with Crippen molar-refractivity contribution in [2.45, 2.75) is 17.6 Å². The third-order valence-electron chi connectivity index (χ3n) is 1.87. The molecule has 0 aliphatic heterocycles. The van der Waals surface area contributed by atoms with Crippen LogP contribution in [0.1, 0.15) is 12.1 Å². The van der Waals surface area contributed by atoms with E-state index in [0.29, 0.717) is 5.13 Å². The Labute approximate surface area is 105 Å². The van der Waals surface area contributed by atoms with Gasteiger partial charge in [0.25, 0.3) is 0 Å². The average Bonchev–Trinajstić information content (AvgIpc) is 2.56. The van der Waals surface area contributed by atoms with Crippen molar-refractivity contribution in [3.05, 3.63) is 5.69 Å². The minimum atomic E-state index is 0.640. The lowest BCUT2D eigenvalue weighted by Gasteiger charge is -2.02. The molecule has 1 aromatic rings. The Morgan fingerprint density at radius 1 is 1.38 bits per heavy atom. The van der Waals surface area contributed by atoms with Crippen molar-refractivity contribution in [1.82, 2.24) is 4.98 Å². The maximum Gasteiger partial charge on any atom is 0.181 e. The van der Waals surface area contributed by atoms with Crippen LogP contribution in [0.15, 0.2) is 4.21 Å². The third kappa shape index (κ3) is 5.16. The van der Waals surface area contributed by atoms with Crippen molar-refractivity contribution in [3.8, 4) is 0 Å². The zero-order valence-corrected chi connectivity index (χ0v) is 11.3. The first kappa shape index (κ1) is 13.8. The van der Waals surface area contributed by atoms with Gasteiger partial charge in [0.05, 0.1) is 16.5 Å². The van der Waals surface area contributed by atoms with Gasteiger partial charge in [0.2, 0.25) is 0 Å². The Kier molecular flexibility index (Phi) is 6.79. The molecule has 0 aromatic carbocycles. The Morgan fingerprint density at radius 2 is 2.19 bits per heavy atom. The summed E-state index contributed by atoms with van der Waals surface area (Å²) in [5.41, 5.74) is 6.63. The van der Waals surface area contributed by atoms with Gasteiger partial charge in [0.15, 0.2) is 5.13 Å². The second-order valence-electron chi connectivity index (χ2n) is 3.23. The monoisotopic (exact) mass is 262 g/mol. The number of thiazole rings is 1.